The second-order valence-electron chi connectivity index (χ2n) is 5.14. The number of rotatable bonds is 2. The Morgan fingerprint density at radius 3 is 2.57 bits per heavy atom. The van der Waals surface area contributed by atoms with E-state index in [-0.39, 0.29) is 19.5 Å². The molecule has 9 nitrogen and oxygen atoms in total. The molecular formula is C12H17N3O6. The van der Waals surface area contributed by atoms with Gasteiger partial charge in [-0.25, -0.2) is 9.59 Å². The standard InChI is InChI=1S/C12H17N3O6/c1-2-7-10(18)13-9(17)5-15(7)12(21)14-4-6(16)3-8(14)11(19)20/h6-8,16H,2-5H2,1H3,(H,19,20)(H,13,17,18)/t6?,7?,8-/m0/s1. The summed E-state index contributed by atoms with van der Waals surface area (Å²) < 4.78 is 0. The van der Waals surface area contributed by atoms with Gasteiger partial charge in [-0.2, -0.15) is 0 Å². The van der Waals surface area contributed by atoms with E-state index >= 15 is 0 Å². The topological polar surface area (TPSA) is 127 Å². The van der Waals surface area contributed by atoms with Crippen LogP contribution in [0.4, 0.5) is 4.79 Å². The van der Waals surface area contributed by atoms with Crippen molar-refractivity contribution in [3.05, 3.63) is 0 Å². The Kier molecular flexibility index (Phi) is 4.12. The number of carboxylic acid groups (broad SMARTS) is 1. The Labute approximate surface area is 120 Å². The number of hydrogen-bond acceptors (Lipinski definition) is 5. The highest BCUT2D eigenvalue weighted by molar-refractivity contribution is 6.04. The van der Waals surface area contributed by atoms with Crippen LogP contribution in [0.5, 0.6) is 0 Å². The summed E-state index contributed by atoms with van der Waals surface area (Å²) >= 11 is 0. The molecule has 0 saturated carbocycles. The molecule has 9 heteroatoms. The summed E-state index contributed by atoms with van der Waals surface area (Å²) in [6.45, 7) is 1.26. The van der Waals surface area contributed by atoms with Gasteiger partial charge in [0, 0.05) is 13.0 Å². The predicted molar refractivity (Wildman–Crippen MR) is 68.1 cm³/mol. The number of nitrogens with one attached hydrogen (secondary N) is 1. The van der Waals surface area contributed by atoms with Crippen LogP contribution in [0, 0.1) is 0 Å². The van der Waals surface area contributed by atoms with Gasteiger partial charge in [0.1, 0.15) is 18.6 Å². The maximum Gasteiger partial charge on any atom is 0.326 e. The molecule has 0 aromatic heterocycles. The fourth-order valence-corrected chi connectivity index (χ4v) is 2.70. The van der Waals surface area contributed by atoms with Gasteiger partial charge in [-0.1, -0.05) is 6.92 Å². The number of aliphatic hydroxyl groups is 1. The van der Waals surface area contributed by atoms with Gasteiger partial charge in [0.25, 0.3) is 0 Å². The molecule has 0 spiro atoms. The van der Waals surface area contributed by atoms with E-state index in [1.807, 2.05) is 0 Å². The number of carboxylic acids is 1. The highest BCUT2D eigenvalue weighted by atomic mass is 16.4. The van der Waals surface area contributed by atoms with Crippen LogP contribution in [0.2, 0.25) is 0 Å². The van der Waals surface area contributed by atoms with Crippen LogP contribution < -0.4 is 5.32 Å². The van der Waals surface area contributed by atoms with E-state index in [1.165, 1.54) is 0 Å². The summed E-state index contributed by atoms with van der Waals surface area (Å²) in [7, 11) is 0. The number of urea groups is 1. The zero-order chi connectivity index (χ0) is 15.7. The minimum Gasteiger partial charge on any atom is -0.480 e. The third kappa shape index (κ3) is 2.82. The van der Waals surface area contributed by atoms with Crippen molar-refractivity contribution in [2.45, 2.75) is 38.0 Å². The Morgan fingerprint density at radius 1 is 1.33 bits per heavy atom. The second-order valence-corrected chi connectivity index (χ2v) is 5.14. The molecule has 3 N–H and O–H groups in total. The highest BCUT2D eigenvalue weighted by Crippen LogP contribution is 2.22. The molecule has 21 heavy (non-hydrogen) atoms. The number of likely N-dealkylation sites (tertiary alicyclic amines) is 1. The molecule has 0 bridgehead atoms. The lowest BCUT2D eigenvalue weighted by Gasteiger charge is -2.36. The molecule has 2 aliphatic rings. The van der Waals surface area contributed by atoms with Gasteiger partial charge in [-0.05, 0) is 6.42 Å². The summed E-state index contributed by atoms with van der Waals surface area (Å²) in [5.41, 5.74) is 0. The fraction of sp³-hybridized carbons (Fsp3) is 0.667. The van der Waals surface area contributed by atoms with E-state index in [2.05, 4.69) is 5.32 Å². The van der Waals surface area contributed by atoms with Crippen molar-refractivity contribution in [3.63, 3.8) is 0 Å². The molecule has 3 atom stereocenters. The van der Waals surface area contributed by atoms with Crippen LogP contribution in [0.3, 0.4) is 0 Å². The normalized spacial score (nSPS) is 29.5. The van der Waals surface area contributed by atoms with Crippen LogP contribution >= 0.6 is 0 Å². The maximum atomic E-state index is 12.5. The first-order valence-electron chi connectivity index (χ1n) is 6.67. The van der Waals surface area contributed by atoms with Crippen LogP contribution in [0.25, 0.3) is 0 Å². The number of carbonyl (C=O) groups is 4. The van der Waals surface area contributed by atoms with Crippen molar-refractivity contribution in [2.24, 2.45) is 0 Å². The van der Waals surface area contributed by atoms with Gasteiger partial charge < -0.3 is 20.0 Å². The first-order chi connectivity index (χ1) is 9.85. The predicted octanol–water partition coefficient (Wildman–Crippen LogP) is -1.64. The minimum atomic E-state index is -1.22. The van der Waals surface area contributed by atoms with Crippen molar-refractivity contribution in [1.82, 2.24) is 15.1 Å². The first-order valence-corrected chi connectivity index (χ1v) is 6.67. The SMILES string of the molecule is CCC1C(=O)NC(=O)CN1C(=O)N1CC(O)C[C@H]1C(=O)O. The summed E-state index contributed by atoms with van der Waals surface area (Å²) in [6, 6.07) is -2.68. The molecule has 2 rings (SSSR count). The van der Waals surface area contributed by atoms with Crippen LogP contribution in [-0.4, -0.2) is 75.1 Å². The van der Waals surface area contributed by atoms with Gasteiger partial charge >= 0.3 is 12.0 Å². The number of imide groups is 1. The average Bonchev–Trinajstić information content (AvgIpc) is 2.79. The maximum absolute atomic E-state index is 12.5. The van der Waals surface area contributed by atoms with Crippen molar-refractivity contribution < 1.29 is 29.4 Å². The zero-order valence-electron chi connectivity index (χ0n) is 11.5. The lowest BCUT2D eigenvalue weighted by molar-refractivity contribution is -0.141. The summed E-state index contributed by atoms with van der Waals surface area (Å²) in [6.07, 6.45) is -0.686. The number of β-amino-alcohol motifs (C(OH)–C–C–N with tert-alkyl or cyclic N) is 1. The molecule has 4 amide bonds. The Hall–Kier alpha value is -2.16. The Balaban J connectivity index is 2.22. The molecule has 0 aromatic rings. The quantitative estimate of drug-likeness (QED) is 0.525. The largest absolute Gasteiger partial charge is 0.480 e. The van der Waals surface area contributed by atoms with Crippen molar-refractivity contribution in [3.8, 4) is 0 Å². The fourth-order valence-electron chi connectivity index (χ4n) is 2.70. The van der Waals surface area contributed by atoms with Gasteiger partial charge in [0.2, 0.25) is 11.8 Å². The number of nitrogens with zero attached hydrogens (tertiary/aromatic N) is 2. The van der Waals surface area contributed by atoms with Crippen molar-refractivity contribution in [2.75, 3.05) is 13.1 Å². The van der Waals surface area contributed by atoms with E-state index in [9.17, 15) is 24.3 Å². The Morgan fingerprint density at radius 2 is 2.00 bits per heavy atom. The molecule has 2 unspecified atom stereocenters. The van der Waals surface area contributed by atoms with Gasteiger partial charge in [0.15, 0.2) is 0 Å². The number of aliphatic carboxylic acids is 1. The van der Waals surface area contributed by atoms with Crippen molar-refractivity contribution >= 4 is 23.8 Å². The van der Waals surface area contributed by atoms with E-state index in [0.29, 0.717) is 6.42 Å². The number of hydrogen-bond donors (Lipinski definition) is 3. The van der Waals surface area contributed by atoms with E-state index in [1.54, 1.807) is 6.92 Å². The van der Waals surface area contributed by atoms with Crippen LogP contribution in [0.1, 0.15) is 19.8 Å². The van der Waals surface area contributed by atoms with Crippen LogP contribution in [-0.2, 0) is 14.4 Å². The number of aliphatic hydroxyl groups excluding tert-OH is 1. The summed E-state index contributed by atoms with van der Waals surface area (Å²) in [4.78, 5) is 48.9. The number of piperazine rings is 1. The molecule has 2 fully saturated rings. The first kappa shape index (κ1) is 15.2. The molecule has 0 radical (unpaired) electrons. The van der Waals surface area contributed by atoms with E-state index < -0.39 is 42.0 Å². The average molecular weight is 299 g/mol. The third-order valence-corrected chi connectivity index (χ3v) is 3.70. The number of amides is 4. The van der Waals surface area contributed by atoms with Crippen molar-refractivity contribution in [1.29, 1.82) is 0 Å². The molecule has 0 aliphatic carbocycles. The van der Waals surface area contributed by atoms with E-state index in [4.69, 9.17) is 5.11 Å². The molecule has 0 aromatic carbocycles. The zero-order valence-corrected chi connectivity index (χ0v) is 11.5. The summed E-state index contributed by atoms with van der Waals surface area (Å²) in [5, 5.41) is 20.8. The van der Waals surface area contributed by atoms with Gasteiger partial charge in [-0.15, -0.1) is 0 Å². The molecule has 116 valence electrons. The molecule has 2 saturated heterocycles. The highest BCUT2D eigenvalue weighted by Gasteiger charge is 2.44. The summed E-state index contributed by atoms with van der Waals surface area (Å²) in [5.74, 6) is -2.40. The third-order valence-electron chi connectivity index (χ3n) is 3.70. The molecule has 2 aliphatic heterocycles. The second kappa shape index (κ2) is 5.68. The van der Waals surface area contributed by atoms with Gasteiger partial charge in [-0.3, -0.25) is 14.9 Å². The number of carbonyl (C=O) groups excluding carboxylic acids is 3. The van der Waals surface area contributed by atoms with E-state index in [0.717, 1.165) is 9.80 Å². The minimum absolute atomic E-state index is 0.0636. The molecule has 2 heterocycles. The molecular weight excluding hydrogens is 282 g/mol. The monoisotopic (exact) mass is 299 g/mol. The van der Waals surface area contributed by atoms with Crippen LogP contribution in [0.15, 0.2) is 0 Å². The smallest absolute Gasteiger partial charge is 0.326 e. The lowest BCUT2D eigenvalue weighted by atomic mass is 10.1. The van der Waals surface area contributed by atoms with Gasteiger partial charge in [0.05, 0.1) is 6.10 Å². The Bertz CT molecular complexity index is 493. The lowest BCUT2D eigenvalue weighted by Crippen LogP contribution is -2.62.